The molecule has 218 valence electrons. The molecule has 0 bridgehead atoms. The molecular weight excluding hydrogens is 534 g/mol. The number of nitrogens with zero attached hydrogens (tertiary/aromatic N) is 4. The van der Waals surface area contributed by atoms with E-state index in [2.05, 4.69) is 75.7 Å². The molecule has 13 heteroatoms. The SMILES string of the molecule is CC(C)C(=O)Nc1ncnc2c1ncn2[C@@H]1O[C@@H]2CO[Si](C(C)C)(C(C)C)O[Si](C(C)C)(C(C)C)OC2[C@@H]1O. The third-order valence-electron chi connectivity index (χ3n) is 8.04. The van der Waals surface area contributed by atoms with Crippen molar-refractivity contribution in [3.63, 3.8) is 0 Å². The van der Waals surface area contributed by atoms with E-state index in [1.165, 1.54) is 6.33 Å². The van der Waals surface area contributed by atoms with Gasteiger partial charge in [-0.1, -0.05) is 69.2 Å². The van der Waals surface area contributed by atoms with Crippen LogP contribution in [0.15, 0.2) is 12.7 Å². The van der Waals surface area contributed by atoms with E-state index in [0.717, 1.165) is 0 Å². The van der Waals surface area contributed by atoms with Crippen molar-refractivity contribution in [1.82, 2.24) is 19.5 Å². The van der Waals surface area contributed by atoms with Crippen LogP contribution in [0.3, 0.4) is 0 Å². The average molecular weight is 580 g/mol. The summed E-state index contributed by atoms with van der Waals surface area (Å²) in [5, 5.41) is 14.5. The molecule has 2 saturated heterocycles. The number of fused-ring (bicyclic) bond motifs is 2. The molecule has 0 aromatic carbocycles. The van der Waals surface area contributed by atoms with Crippen molar-refractivity contribution < 1.29 is 27.6 Å². The highest BCUT2D eigenvalue weighted by Crippen LogP contribution is 2.48. The summed E-state index contributed by atoms with van der Waals surface area (Å²) in [4.78, 5) is 25.4. The number of anilines is 1. The monoisotopic (exact) mass is 579 g/mol. The molecule has 0 aliphatic carbocycles. The highest BCUT2D eigenvalue weighted by atomic mass is 28.5. The minimum atomic E-state index is -2.92. The van der Waals surface area contributed by atoms with E-state index in [1.54, 1.807) is 10.9 Å². The summed E-state index contributed by atoms with van der Waals surface area (Å²) in [6.07, 6.45) is -0.0322. The summed E-state index contributed by atoms with van der Waals surface area (Å²) in [7, 11) is -5.65. The van der Waals surface area contributed by atoms with Gasteiger partial charge in [0.05, 0.1) is 12.9 Å². The van der Waals surface area contributed by atoms with Crippen molar-refractivity contribution in [1.29, 1.82) is 0 Å². The van der Waals surface area contributed by atoms with Gasteiger partial charge in [-0.25, -0.2) is 15.0 Å². The summed E-state index contributed by atoms with van der Waals surface area (Å²) in [6, 6.07) is 0. The Morgan fingerprint density at radius 2 is 1.59 bits per heavy atom. The van der Waals surface area contributed by atoms with Crippen LogP contribution >= 0.6 is 0 Å². The molecule has 2 aromatic rings. The Morgan fingerprint density at radius 3 is 2.15 bits per heavy atom. The fourth-order valence-corrected chi connectivity index (χ4v) is 17.0. The molecule has 0 spiro atoms. The lowest BCUT2D eigenvalue weighted by atomic mass is 10.1. The number of carbonyl (C=O) groups excluding carboxylic acids is 1. The van der Waals surface area contributed by atoms with Gasteiger partial charge in [0.2, 0.25) is 5.91 Å². The van der Waals surface area contributed by atoms with Gasteiger partial charge in [0.25, 0.3) is 0 Å². The first kappa shape index (κ1) is 30.2. The number of hydrogen-bond donors (Lipinski definition) is 2. The second-order valence-corrected chi connectivity index (χ2v) is 21.1. The fraction of sp³-hybridized carbons (Fsp3) is 0.769. The van der Waals surface area contributed by atoms with E-state index in [9.17, 15) is 9.90 Å². The van der Waals surface area contributed by atoms with Crippen molar-refractivity contribution in [2.24, 2.45) is 5.92 Å². The van der Waals surface area contributed by atoms with Gasteiger partial charge in [0, 0.05) is 5.92 Å². The molecule has 11 nitrogen and oxygen atoms in total. The second kappa shape index (κ2) is 11.3. The number of aromatic nitrogens is 4. The van der Waals surface area contributed by atoms with Crippen LogP contribution in [0, 0.1) is 5.92 Å². The topological polar surface area (TPSA) is 130 Å². The predicted molar refractivity (Wildman–Crippen MR) is 153 cm³/mol. The van der Waals surface area contributed by atoms with Gasteiger partial charge in [-0.05, 0) is 22.2 Å². The molecule has 4 rings (SSSR count). The van der Waals surface area contributed by atoms with E-state index < -0.39 is 41.7 Å². The minimum absolute atomic E-state index is 0.129. The van der Waals surface area contributed by atoms with Crippen molar-refractivity contribution in [3.05, 3.63) is 12.7 Å². The van der Waals surface area contributed by atoms with E-state index in [4.69, 9.17) is 17.7 Å². The number of imidazole rings is 1. The van der Waals surface area contributed by atoms with Crippen molar-refractivity contribution in [2.75, 3.05) is 11.9 Å². The highest BCUT2D eigenvalue weighted by molar-refractivity contribution is 6.84. The molecule has 0 saturated carbocycles. The molecule has 2 N–H and O–H groups in total. The zero-order valence-corrected chi connectivity index (χ0v) is 26.8. The lowest BCUT2D eigenvalue weighted by Crippen LogP contribution is -2.65. The number of aliphatic hydroxyl groups excluding tert-OH is 1. The number of amides is 1. The number of ether oxygens (including phenoxy) is 1. The van der Waals surface area contributed by atoms with E-state index in [1.807, 2.05) is 13.8 Å². The fourth-order valence-electron chi connectivity index (χ4n) is 5.76. The number of nitrogens with one attached hydrogen (secondary N) is 1. The van der Waals surface area contributed by atoms with Crippen LogP contribution in [-0.4, -0.2) is 72.6 Å². The van der Waals surface area contributed by atoms with Crippen LogP contribution in [0.25, 0.3) is 11.2 Å². The zero-order valence-electron chi connectivity index (χ0n) is 24.8. The number of rotatable bonds is 7. The molecule has 1 amide bonds. The van der Waals surface area contributed by atoms with Crippen LogP contribution in [-0.2, 0) is 22.5 Å². The molecule has 1 unspecified atom stereocenters. The normalized spacial score (nSPS) is 27.0. The van der Waals surface area contributed by atoms with Crippen LogP contribution in [0.4, 0.5) is 5.82 Å². The Morgan fingerprint density at radius 1 is 0.974 bits per heavy atom. The first-order chi connectivity index (χ1) is 18.2. The van der Waals surface area contributed by atoms with Gasteiger partial charge in [0.15, 0.2) is 23.2 Å². The lowest BCUT2D eigenvalue weighted by Gasteiger charge is -2.51. The van der Waals surface area contributed by atoms with E-state index >= 15 is 0 Å². The summed E-state index contributed by atoms with van der Waals surface area (Å²) in [5.41, 5.74) is 1.54. The number of aliphatic hydroxyl groups is 1. The number of hydrogen-bond acceptors (Lipinski definition) is 9. The molecule has 0 radical (unpaired) electrons. The molecule has 4 heterocycles. The van der Waals surface area contributed by atoms with E-state index in [0.29, 0.717) is 17.0 Å². The summed E-state index contributed by atoms with van der Waals surface area (Å²) < 4.78 is 29.2. The van der Waals surface area contributed by atoms with Crippen molar-refractivity contribution in [2.45, 2.75) is 116 Å². The Hall–Kier alpha value is -1.75. The third-order valence-corrected chi connectivity index (χ3v) is 18.3. The molecule has 39 heavy (non-hydrogen) atoms. The highest BCUT2D eigenvalue weighted by Gasteiger charge is 2.61. The lowest BCUT2D eigenvalue weighted by molar-refractivity contribution is -0.118. The summed E-state index contributed by atoms with van der Waals surface area (Å²) >= 11 is 0. The Kier molecular flexibility index (Phi) is 8.73. The van der Waals surface area contributed by atoms with Gasteiger partial charge < -0.3 is 28.1 Å². The molecule has 2 fully saturated rings. The predicted octanol–water partition coefficient (Wildman–Crippen LogP) is 4.64. The summed E-state index contributed by atoms with van der Waals surface area (Å²) in [5.74, 6) is -0.0665. The molecule has 4 atom stereocenters. The second-order valence-electron chi connectivity index (χ2n) is 12.3. The van der Waals surface area contributed by atoms with Crippen LogP contribution in [0.5, 0.6) is 0 Å². The van der Waals surface area contributed by atoms with Gasteiger partial charge in [0.1, 0.15) is 24.6 Å². The average Bonchev–Trinajstić information content (AvgIpc) is 3.39. The molecule has 2 aliphatic rings. The van der Waals surface area contributed by atoms with Crippen LogP contribution in [0.2, 0.25) is 22.2 Å². The molecule has 2 aliphatic heterocycles. The maximum absolute atomic E-state index is 12.3. The largest absolute Gasteiger partial charge is 0.414 e. The third kappa shape index (κ3) is 5.22. The smallest absolute Gasteiger partial charge is 0.335 e. The zero-order chi connectivity index (χ0) is 28.9. The maximum atomic E-state index is 12.3. The summed E-state index contributed by atoms with van der Waals surface area (Å²) in [6.45, 7) is 21.2. The molecular formula is C26H45N5O6Si2. The molecule has 2 aromatic heterocycles. The minimum Gasteiger partial charge on any atom is -0.414 e. The van der Waals surface area contributed by atoms with E-state index in [-0.39, 0.29) is 40.6 Å². The Labute approximate surface area is 233 Å². The first-order valence-electron chi connectivity index (χ1n) is 14.1. The van der Waals surface area contributed by atoms with Crippen LogP contribution in [0.1, 0.15) is 75.5 Å². The van der Waals surface area contributed by atoms with Gasteiger partial charge in [-0.15, -0.1) is 0 Å². The van der Waals surface area contributed by atoms with Gasteiger partial charge in [-0.2, -0.15) is 0 Å². The Bertz CT molecular complexity index is 1160. The van der Waals surface area contributed by atoms with Crippen LogP contribution < -0.4 is 5.32 Å². The van der Waals surface area contributed by atoms with Crippen molar-refractivity contribution in [3.8, 4) is 0 Å². The van der Waals surface area contributed by atoms with Crippen molar-refractivity contribution >= 4 is 40.0 Å². The number of carbonyl (C=O) groups is 1. The first-order valence-corrected chi connectivity index (χ1v) is 18.0. The maximum Gasteiger partial charge on any atom is 0.335 e. The van der Waals surface area contributed by atoms with Gasteiger partial charge >= 0.3 is 17.1 Å². The standard InChI is InChI=1S/C26H45N5O6Si2/c1-14(2)25(33)30-23-20-24(28-12-27-23)31(13-29-20)26-21(32)22-19(35-26)11-34-38(15(3)4,16(5)6)37-39(36-22,17(7)8)18(9)10/h12-19,21-22,26,32H,11H2,1-10H3,(H,27,28,30,33)/t19-,21+,22?,26-/m1/s1. The van der Waals surface area contributed by atoms with Gasteiger partial charge in [-0.3, -0.25) is 9.36 Å². The quantitative estimate of drug-likeness (QED) is 0.451. The Balaban J connectivity index is 1.73.